The summed E-state index contributed by atoms with van der Waals surface area (Å²) in [5.74, 6) is -0.691. The van der Waals surface area contributed by atoms with Crippen molar-refractivity contribution in [3.63, 3.8) is 0 Å². The molecule has 1 fully saturated rings. The Morgan fingerprint density at radius 2 is 2.06 bits per heavy atom. The Bertz CT molecular complexity index is 372. The highest BCUT2D eigenvalue weighted by Crippen LogP contribution is 2.21. The molecule has 0 aliphatic carbocycles. The largest absolute Gasteiger partial charge is 0.481 e. The van der Waals surface area contributed by atoms with E-state index in [0.29, 0.717) is 6.54 Å². The van der Waals surface area contributed by atoms with Crippen molar-refractivity contribution in [2.75, 3.05) is 13.1 Å². The monoisotopic (exact) mass is 219 g/mol. The maximum absolute atomic E-state index is 11.0. The fraction of sp³-hybridized carbons (Fsp3) is 0.462. The molecule has 3 nitrogen and oxygen atoms in total. The first-order valence-corrected chi connectivity index (χ1v) is 5.66. The van der Waals surface area contributed by atoms with Crippen molar-refractivity contribution in [2.45, 2.75) is 13.3 Å². The van der Waals surface area contributed by atoms with Crippen molar-refractivity contribution in [2.24, 2.45) is 11.8 Å². The lowest BCUT2D eigenvalue weighted by molar-refractivity contribution is -0.142. The molecule has 0 amide bonds. The smallest absolute Gasteiger partial charge is 0.308 e. The predicted octanol–water partition coefficient (Wildman–Crippen LogP) is 1.46. The Balaban J connectivity index is 2.03. The highest BCUT2D eigenvalue weighted by atomic mass is 16.4. The third-order valence-electron chi connectivity index (χ3n) is 3.28. The third kappa shape index (κ3) is 2.42. The Labute approximate surface area is 95.5 Å². The molecule has 0 radical (unpaired) electrons. The van der Waals surface area contributed by atoms with Gasteiger partial charge in [0.15, 0.2) is 0 Å². The van der Waals surface area contributed by atoms with Gasteiger partial charge in [0.2, 0.25) is 0 Å². The Morgan fingerprint density at radius 1 is 1.38 bits per heavy atom. The number of benzene rings is 1. The summed E-state index contributed by atoms with van der Waals surface area (Å²) in [7, 11) is 0. The van der Waals surface area contributed by atoms with Gasteiger partial charge in [-0.05, 0) is 31.4 Å². The first-order valence-electron chi connectivity index (χ1n) is 5.66. The molecule has 2 N–H and O–H groups in total. The molecule has 3 heteroatoms. The molecule has 0 saturated carbocycles. The topological polar surface area (TPSA) is 49.3 Å². The summed E-state index contributed by atoms with van der Waals surface area (Å²) in [6, 6.07) is 8.33. The van der Waals surface area contributed by atoms with E-state index >= 15 is 0 Å². The number of aryl methyl sites for hydroxylation is 1. The van der Waals surface area contributed by atoms with Crippen molar-refractivity contribution < 1.29 is 9.90 Å². The van der Waals surface area contributed by atoms with Gasteiger partial charge >= 0.3 is 5.97 Å². The van der Waals surface area contributed by atoms with Crippen LogP contribution in [0.5, 0.6) is 0 Å². The van der Waals surface area contributed by atoms with Gasteiger partial charge in [0.05, 0.1) is 5.92 Å². The van der Waals surface area contributed by atoms with Crippen LogP contribution >= 0.6 is 0 Å². The van der Waals surface area contributed by atoms with Gasteiger partial charge in [-0.2, -0.15) is 0 Å². The van der Waals surface area contributed by atoms with Gasteiger partial charge < -0.3 is 10.4 Å². The van der Waals surface area contributed by atoms with E-state index in [4.69, 9.17) is 5.11 Å². The van der Waals surface area contributed by atoms with Crippen LogP contribution in [0.3, 0.4) is 0 Å². The van der Waals surface area contributed by atoms with Gasteiger partial charge in [-0.15, -0.1) is 0 Å². The molecule has 86 valence electrons. The van der Waals surface area contributed by atoms with Crippen molar-refractivity contribution in [1.29, 1.82) is 0 Å². The summed E-state index contributed by atoms with van der Waals surface area (Å²) in [6.45, 7) is 3.47. The molecule has 1 saturated heterocycles. The van der Waals surface area contributed by atoms with E-state index < -0.39 is 5.97 Å². The number of carboxylic acid groups (broad SMARTS) is 1. The zero-order valence-electron chi connectivity index (χ0n) is 9.44. The average molecular weight is 219 g/mol. The molecule has 1 aliphatic heterocycles. The molecule has 16 heavy (non-hydrogen) atoms. The lowest BCUT2D eigenvalue weighted by Crippen LogP contribution is -2.23. The van der Waals surface area contributed by atoms with Crippen LogP contribution in [0.2, 0.25) is 0 Å². The first kappa shape index (κ1) is 11.1. The van der Waals surface area contributed by atoms with Crippen LogP contribution in [0.15, 0.2) is 24.3 Å². The molecule has 2 unspecified atom stereocenters. The third-order valence-corrected chi connectivity index (χ3v) is 3.28. The van der Waals surface area contributed by atoms with E-state index in [9.17, 15) is 4.79 Å². The van der Waals surface area contributed by atoms with Crippen molar-refractivity contribution in [3.05, 3.63) is 35.4 Å². The maximum atomic E-state index is 11.0. The lowest BCUT2D eigenvalue weighted by Gasteiger charge is -2.14. The van der Waals surface area contributed by atoms with Gasteiger partial charge in [0, 0.05) is 6.54 Å². The predicted molar refractivity (Wildman–Crippen MR) is 62.4 cm³/mol. The number of aliphatic carboxylic acids is 1. The van der Waals surface area contributed by atoms with E-state index in [1.807, 2.05) is 0 Å². The average Bonchev–Trinajstić information content (AvgIpc) is 2.69. The van der Waals surface area contributed by atoms with Crippen LogP contribution in [0, 0.1) is 18.8 Å². The summed E-state index contributed by atoms with van der Waals surface area (Å²) in [5.41, 5.74) is 2.47. The SMILES string of the molecule is Cc1ccc(CC2CNCC2C(=O)O)cc1. The van der Waals surface area contributed by atoms with E-state index in [1.165, 1.54) is 11.1 Å². The van der Waals surface area contributed by atoms with Crippen LogP contribution in [0.1, 0.15) is 11.1 Å². The zero-order valence-corrected chi connectivity index (χ0v) is 9.44. The summed E-state index contributed by atoms with van der Waals surface area (Å²) >= 11 is 0. The Hall–Kier alpha value is -1.35. The number of carboxylic acids is 1. The zero-order chi connectivity index (χ0) is 11.5. The standard InChI is InChI=1S/C13H17NO2/c1-9-2-4-10(5-3-9)6-11-7-14-8-12(11)13(15)16/h2-5,11-12,14H,6-8H2,1H3,(H,15,16). The van der Waals surface area contributed by atoms with Gasteiger partial charge in [-0.25, -0.2) is 0 Å². The van der Waals surface area contributed by atoms with Gasteiger partial charge in [0.25, 0.3) is 0 Å². The second kappa shape index (κ2) is 4.66. The molecule has 1 aromatic carbocycles. The second-order valence-electron chi connectivity index (χ2n) is 4.55. The number of hydrogen-bond acceptors (Lipinski definition) is 2. The fourth-order valence-electron chi connectivity index (χ4n) is 2.26. The quantitative estimate of drug-likeness (QED) is 0.809. The minimum absolute atomic E-state index is 0.222. The summed E-state index contributed by atoms with van der Waals surface area (Å²) in [4.78, 5) is 11.0. The van der Waals surface area contributed by atoms with Crippen LogP contribution in [0.4, 0.5) is 0 Å². The molecule has 2 rings (SSSR count). The molecular formula is C13H17NO2. The summed E-state index contributed by atoms with van der Waals surface area (Å²) < 4.78 is 0. The minimum Gasteiger partial charge on any atom is -0.481 e. The van der Waals surface area contributed by atoms with E-state index in [-0.39, 0.29) is 11.8 Å². The molecule has 0 spiro atoms. The molecule has 0 aromatic heterocycles. The molecule has 2 atom stereocenters. The van der Waals surface area contributed by atoms with Crippen LogP contribution < -0.4 is 5.32 Å². The second-order valence-corrected chi connectivity index (χ2v) is 4.55. The summed E-state index contributed by atoms with van der Waals surface area (Å²) in [6.07, 6.45) is 0.851. The van der Waals surface area contributed by atoms with Gasteiger partial charge in [-0.3, -0.25) is 4.79 Å². The van der Waals surface area contributed by atoms with Gasteiger partial charge in [-0.1, -0.05) is 29.8 Å². The van der Waals surface area contributed by atoms with Crippen LogP contribution in [0.25, 0.3) is 0 Å². The molecule has 1 heterocycles. The first-order chi connectivity index (χ1) is 7.66. The van der Waals surface area contributed by atoms with E-state index in [0.717, 1.165) is 13.0 Å². The lowest BCUT2D eigenvalue weighted by atomic mass is 9.89. The van der Waals surface area contributed by atoms with Gasteiger partial charge in [0.1, 0.15) is 0 Å². The fourth-order valence-corrected chi connectivity index (χ4v) is 2.26. The van der Waals surface area contributed by atoms with Crippen LogP contribution in [-0.4, -0.2) is 24.2 Å². The number of rotatable bonds is 3. The number of hydrogen-bond donors (Lipinski definition) is 2. The maximum Gasteiger partial charge on any atom is 0.308 e. The minimum atomic E-state index is -0.679. The number of nitrogens with one attached hydrogen (secondary N) is 1. The molecule has 1 aliphatic rings. The molecule has 1 aromatic rings. The summed E-state index contributed by atoms with van der Waals surface area (Å²) in [5, 5.41) is 12.2. The normalized spacial score (nSPS) is 24.6. The van der Waals surface area contributed by atoms with Crippen LogP contribution in [-0.2, 0) is 11.2 Å². The number of carbonyl (C=O) groups is 1. The van der Waals surface area contributed by atoms with Crippen molar-refractivity contribution in [3.8, 4) is 0 Å². The highest BCUT2D eigenvalue weighted by Gasteiger charge is 2.32. The molecular weight excluding hydrogens is 202 g/mol. The molecule has 0 bridgehead atoms. The van der Waals surface area contributed by atoms with Crippen molar-refractivity contribution in [1.82, 2.24) is 5.32 Å². The van der Waals surface area contributed by atoms with E-state index in [1.54, 1.807) is 0 Å². The van der Waals surface area contributed by atoms with E-state index in [2.05, 4.69) is 36.5 Å². The highest BCUT2D eigenvalue weighted by molar-refractivity contribution is 5.71. The Kier molecular flexibility index (Phi) is 3.25. The van der Waals surface area contributed by atoms with Crippen molar-refractivity contribution >= 4 is 5.97 Å². The Morgan fingerprint density at radius 3 is 2.69 bits per heavy atom.